The second kappa shape index (κ2) is 8.87. The van der Waals surface area contributed by atoms with Crippen LogP contribution in [0.4, 0.5) is 5.69 Å². The smallest absolute Gasteiger partial charge is 0.338 e. The topological polar surface area (TPSA) is 64.6 Å². The molecule has 0 aliphatic heterocycles. The first-order chi connectivity index (χ1) is 12.0. The quantitative estimate of drug-likeness (QED) is 0.763. The summed E-state index contributed by atoms with van der Waals surface area (Å²) in [5.74, 6) is 0.0467. The molecular weight excluding hydrogens is 318 g/mol. The van der Waals surface area contributed by atoms with Crippen LogP contribution < -0.4 is 10.1 Å². The maximum absolute atomic E-state index is 12.4. The molecule has 0 atom stereocenters. The van der Waals surface area contributed by atoms with E-state index in [1.165, 1.54) is 0 Å². The van der Waals surface area contributed by atoms with Crippen molar-refractivity contribution < 1.29 is 19.1 Å². The van der Waals surface area contributed by atoms with Gasteiger partial charge in [-0.15, -0.1) is 0 Å². The molecule has 0 unspecified atom stereocenters. The van der Waals surface area contributed by atoms with E-state index in [0.29, 0.717) is 29.2 Å². The summed E-state index contributed by atoms with van der Waals surface area (Å²) in [5, 5.41) is 2.80. The van der Waals surface area contributed by atoms with Crippen LogP contribution in [0.2, 0.25) is 0 Å². The average Bonchev–Trinajstić information content (AvgIpc) is 2.60. The van der Waals surface area contributed by atoms with Gasteiger partial charge in [0.15, 0.2) is 0 Å². The van der Waals surface area contributed by atoms with Crippen molar-refractivity contribution in [2.75, 3.05) is 11.9 Å². The lowest BCUT2D eigenvalue weighted by atomic mass is 10.1. The SMILES string of the molecule is CCCOC(=O)c1ccc(NC(=O)c2cccc(OC(C)C)c2)cc1. The van der Waals surface area contributed by atoms with Gasteiger partial charge in [-0.1, -0.05) is 13.0 Å². The predicted octanol–water partition coefficient (Wildman–Crippen LogP) is 4.29. The number of hydrogen-bond donors (Lipinski definition) is 1. The third-order valence-electron chi connectivity index (χ3n) is 3.28. The number of nitrogens with one attached hydrogen (secondary N) is 1. The number of carbonyl (C=O) groups excluding carboxylic acids is 2. The van der Waals surface area contributed by atoms with Gasteiger partial charge in [0.05, 0.1) is 18.3 Å². The Balaban J connectivity index is 2.02. The maximum atomic E-state index is 12.4. The lowest BCUT2D eigenvalue weighted by Crippen LogP contribution is -2.13. The van der Waals surface area contributed by atoms with Crippen LogP contribution in [-0.4, -0.2) is 24.6 Å². The van der Waals surface area contributed by atoms with Crippen LogP contribution in [0.15, 0.2) is 48.5 Å². The number of esters is 1. The van der Waals surface area contributed by atoms with Gasteiger partial charge in [-0.3, -0.25) is 4.79 Å². The van der Waals surface area contributed by atoms with Gasteiger partial charge in [-0.25, -0.2) is 4.79 Å². The Labute approximate surface area is 148 Å². The number of hydrogen-bond acceptors (Lipinski definition) is 4. The Bertz CT molecular complexity index is 723. The highest BCUT2D eigenvalue weighted by Gasteiger charge is 2.10. The van der Waals surface area contributed by atoms with E-state index in [4.69, 9.17) is 9.47 Å². The fourth-order valence-corrected chi connectivity index (χ4v) is 2.15. The minimum atomic E-state index is -0.363. The highest BCUT2D eigenvalue weighted by Crippen LogP contribution is 2.17. The molecule has 0 spiro atoms. The molecule has 5 heteroatoms. The zero-order chi connectivity index (χ0) is 18.2. The molecule has 0 fully saturated rings. The monoisotopic (exact) mass is 341 g/mol. The molecule has 1 amide bonds. The van der Waals surface area contributed by atoms with Gasteiger partial charge >= 0.3 is 5.97 Å². The van der Waals surface area contributed by atoms with Crippen molar-refractivity contribution in [2.45, 2.75) is 33.3 Å². The Morgan fingerprint density at radius 2 is 1.76 bits per heavy atom. The summed E-state index contributed by atoms with van der Waals surface area (Å²) in [6.45, 7) is 6.19. The van der Waals surface area contributed by atoms with Gasteiger partial charge in [0.2, 0.25) is 0 Å². The molecule has 25 heavy (non-hydrogen) atoms. The van der Waals surface area contributed by atoms with E-state index in [1.807, 2.05) is 26.8 Å². The molecule has 2 aromatic rings. The van der Waals surface area contributed by atoms with Crippen LogP contribution in [0.5, 0.6) is 5.75 Å². The molecule has 0 saturated heterocycles. The van der Waals surface area contributed by atoms with E-state index >= 15 is 0 Å². The minimum absolute atomic E-state index is 0.0401. The van der Waals surface area contributed by atoms with Crippen molar-refractivity contribution in [2.24, 2.45) is 0 Å². The van der Waals surface area contributed by atoms with Crippen molar-refractivity contribution in [3.63, 3.8) is 0 Å². The third kappa shape index (κ3) is 5.64. The highest BCUT2D eigenvalue weighted by molar-refractivity contribution is 6.04. The van der Waals surface area contributed by atoms with Gasteiger partial charge in [0.1, 0.15) is 5.75 Å². The van der Waals surface area contributed by atoms with Crippen molar-refractivity contribution >= 4 is 17.6 Å². The number of anilines is 1. The number of amides is 1. The van der Waals surface area contributed by atoms with Gasteiger partial charge in [0, 0.05) is 11.3 Å². The summed E-state index contributed by atoms with van der Waals surface area (Å²) >= 11 is 0. The van der Waals surface area contributed by atoms with Crippen LogP contribution in [0, 0.1) is 0 Å². The lowest BCUT2D eigenvalue weighted by molar-refractivity contribution is 0.0505. The van der Waals surface area contributed by atoms with Crippen LogP contribution in [0.25, 0.3) is 0 Å². The first-order valence-electron chi connectivity index (χ1n) is 8.35. The summed E-state index contributed by atoms with van der Waals surface area (Å²) in [7, 11) is 0. The minimum Gasteiger partial charge on any atom is -0.491 e. The average molecular weight is 341 g/mol. The Morgan fingerprint density at radius 3 is 2.40 bits per heavy atom. The molecule has 0 aromatic heterocycles. The summed E-state index contributed by atoms with van der Waals surface area (Å²) in [5.41, 5.74) is 1.57. The summed E-state index contributed by atoms with van der Waals surface area (Å²) in [6, 6.07) is 13.6. The Hall–Kier alpha value is -2.82. The molecule has 2 aromatic carbocycles. The highest BCUT2D eigenvalue weighted by atomic mass is 16.5. The van der Waals surface area contributed by atoms with Crippen molar-refractivity contribution in [3.8, 4) is 5.75 Å². The summed E-state index contributed by atoms with van der Waals surface area (Å²) in [6.07, 6.45) is 0.817. The second-order valence-corrected chi connectivity index (χ2v) is 5.86. The number of carbonyl (C=O) groups is 2. The fraction of sp³-hybridized carbons (Fsp3) is 0.300. The second-order valence-electron chi connectivity index (χ2n) is 5.86. The largest absolute Gasteiger partial charge is 0.491 e. The summed E-state index contributed by atoms with van der Waals surface area (Å²) < 4.78 is 10.7. The van der Waals surface area contributed by atoms with Crippen LogP contribution in [0.1, 0.15) is 47.9 Å². The standard InChI is InChI=1S/C20H23NO4/c1-4-12-24-20(23)15-8-10-17(11-9-15)21-19(22)16-6-5-7-18(13-16)25-14(2)3/h5-11,13-14H,4,12H2,1-3H3,(H,21,22). The van der Waals surface area contributed by atoms with Crippen molar-refractivity contribution in [3.05, 3.63) is 59.7 Å². The summed E-state index contributed by atoms with van der Waals surface area (Å²) in [4.78, 5) is 24.1. The van der Waals surface area contributed by atoms with Crippen molar-refractivity contribution in [1.82, 2.24) is 0 Å². The molecule has 0 aliphatic carbocycles. The van der Waals surface area contributed by atoms with E-state index in [0.717, 1.165) is 6.42 Å². The first kappa shape index (κ1) is 18.5. The number of rotatable bonds is 7. The molecule has 0 saturated carbocycles. The molecule has 0 aliphatic rings. The third-order valence-corrected chi connectivity index (χ3v) is 3.28. The van der Waals surface area contributed by atoms with Crippen LogP contribution in [0.3, 0.4) is 0 Å². The van der Waals surface area contributed by atoms with Crippen molar-refractivity contribution in [1.29, 1.82) is 0 Å². The van der Waals surface area contributed by atoms with E-state index in [9.17, 15) is 9.59 Å². The Morgan fingerprint density at radius 1 is 1.04 bits per heavy atom. The zero-order valence-corrected chi connectivity index (χ0v) is 14.7. The first-order valence-corrected chi connectivity index (χ1v) is 8.35. The predicted molar refractivity (Wildman–Crippen MR) is 97.2 cm³/mol. The van der Waals surface area contributed by atoms with E-state index in [2.05, 4.69) is 5.32 Å². The lowest BCUT2D eigenvalue weighted by Gasteiger charge is -2.11. The van der Waals surface area contributed by atoms with E-state index in [1.54, 1.807) is 42.5 Å². The molecule has 1 N–H and O–H groups in total. The molecule has 0 heterocycles. The van der Waals surface area contributed by atoms with Gasteiger partial charge in [-0.2, -0.15) is 0 Å². The molecule has 0 radical (unpaired) electrons. The van der Waals surface area contributed by atoms with Gasteiger partial charge in [-0.05, 0) is 62.7 Å². The van der Waals surface area contributed by atoms with Crippen LogP contribution >= 0.6 is 0 Å². The molecule has 0 bridgehead atoms. The fourth-order valence-electron chi connectivity index (χ4n) is 2.15. The molecular formula is C20H23NO4. The molecule has 5 nitrogen and oxygen atoms in total. The molecule has 132 valence electrons. The van der Waals surface area contributed by atoms with E-state index in [-0.39, 0.29) is 18.0 Å². The number of benzene rings is 2. The molecule has 2 rings (SSSR count). The van der Waals surface area contributed by atoms with Crippen LogP contribution in [-0.2, 0) is 4.74 Å². The Kier molecular flexibility index (Phi) is 6.57. The number of ether oxygens (including phenoxy) is 2. The maximum Gasteiger partial charge on any atom is 0.338 e. The van der Waals surface area contributed by atoms with Gasteiger partial charge in [0.25, 0.3) is 5.91 Å². The van der Waals surface area contributed by atoms with Gasteiger partial charge < -0.3 is 14.8 Å². The van der Waals surface area contributed by atoms with E-state index < -0.39 is 0 Å². The zero-order valence-electron chi connectivity index (χ0n) is 14.7. The normalized spacial score (nSPS) is 10.4.